The van der Waals surface area contributed by atoms with E-state index in [1.165, 1.54) is 10.3 Å². The zero-order valence-electron chi connectivity index (χ0n) is 9.87. The highest BCUT2D eigenvalue weighted by molar-refractivity contribution is 8.00. The van der Waals surface area contributed by atoms with Crippen molar-refractivity contribution >= 4 is 39.3 Å². The Morgan fingerprint density at radius 1 is 1.38 bits per heavy atom. The lowest BCUT2D eigenvalue weighted by Crippen LogP contribution is -1.98. The van der Waals surface area contributed by atoms with Gasteiger partial charge in [0, 0.05) is 22.6 Å². The molecule has 0 saturated heterocycles. The third-order valence-corrected chi connectivity index (χ3v) is 4.00. The summed E-state index contributed by atoms with van der Waals surface area (Å²) < 4.78 is 0. The highest BCUT2D eigenvalue weighted by Gasteiger charge is 2.11. The number of thiophene rings is 1. The molecule has 0 aliphatic rings. The van der Waals surface area contributed by atoms with Gasteiger partial charge in [0.2, 0.25) is 5.95 Å². The highest BCUT2D eigenvalue weighted by Crippen LogP contribution is 2.33. The molecule has 16 heavy (non-hydrogen) atoms. The largest absolute Gasteiger partial charge is 0.357 e. The molecule has 3 nitrogen and oxygen atoms in total. The first-order valence-electron chi connectivity index (χ1n) is 5.22. The van der Waals surface area contributed by atoms with Gasteiger partial charge in [0.25, 0.3) is 0 Å². The number of nitrogens with one attached hydrogen (secondary N) is 1. The fourth-order valence-electron chi connectivity index (χ4n) is 1.44. The van der Waals surface area contributed by atoms with Crippen LogP contribution >= 0.6 is 23.1 Å². The smallest absolute Gasteiger partial charge is 0.224 e. The maximum absolute atomic E-state index is 4.52. The second kappa shape index (κ2) is 4.59. The van der Waals surface area contributed by atoms with Crippen molar-refractivity contribution in [3.05, 3.63) is 10.9 Å². The van der Waals surface area contributed by atoms with Crippen LogP contribution in [-0.2, 0) is 0 Å². The van der Waals surface area contributed by atoms with Gasteiger partial charge in [0.05, 0.1) is 0 Å². The Bertz CT molecular complexity index is 505. The molecular formula is C11H15N3S2. The van der Waals surface area contributed by atoms with E-state index >= 15 is 0 Å². The number of thioether (sulfide) groups is 1. The fraction of sp³-hybridized carbons (Fsp3) is 0.455. The van der Waals surface area contributed by atoms with Crippen molar-refractivity contribution in [3.63, 3.8) is 0 Å². The van der Waals surface area contributed by atoms with E-state index in [1.54, 1.807) is 23.1 Å². The van der Waals surface area contributed by atoms with Gasteiger partial charge in [-0.3, -0.25) is 0 Å². The van der Waals surface area contributed by atoms with Crippen molar-refractivity contribution in [1.82, 2.24) is 9.97 Å². The van der Waals surface area contributed by atoms with Gasteiger partial charge in [0.15, 0.2) is 0 Å². The Kier molecular flexibility index (Phi) is 3.35. The fourth-order valence-corrected chi connectivity index (χ4v) is 3.25. The average Bonchev–Trinajstić information content (AvgIpc) is 2.57. The Balaban J connectivity index is 2.58. The van der Waals surface area contributed by atoms with Crippen LogP contribution in [0.15, 0.2) is 11.1 Å². The Morgan fingerprint density at radius 3 is 2.75 bits per heavy atom. The van der Waals surface area contributed by atoms with Crippen LogP contribution in [0, 0.1) is 6.92 Å². The monoisotopic (exact) mass is 253 g/mol. The number of anilines is 1. The van der Waals surface area contributed by atoms with Crippen molar-refractivity contribution in [2.75, 3.05) is 12.4 Å². The topological polar surface area (TPSA) is 37.8 Å². The lowest BCUT2D eigenvalue weighted by atomic mass is 10.4. The molecule has 2 rings (SSSR count). The van der Waals surface area contributed by atoms with E-state index in [9.17, 15) is 0 Å². The summed E-state index contributed by atoms with van der Waals surface area (Å²) in [6.07, 6.45) is 0. The molecule has 5 heteroatoms. The normalized spacial score (nSPS) is 11.3. The summed E-state index contributed by atoms with van der Waals surface area (Å²) in [5.41, 5.74) is 0. The third-order valence-electron chi connectivity index (χ3n) is 2.05. The van der Waals surface area contributed by atoms with E-state index in [0.717, 1.165) is 9.86 Å². The van der Waals surface area contributed by atoms with E-state index in [4.69, 9.17) is 0 Å². The zero-order chi connectivity index (χ0) is 11.7. The molecule has 2 aromatic heterocycles. The molecule has 0 bridgehead atoms. The molecule has 0 spiro atoms. The van der Waals surface area contributed by atoms with Gasteiger partial charge >= 0.3 is 0 Å². The number of fused-ring (bicyclic) bond motifs is 1. The minimum atomic E-state index is 0.531. The highest BCUT2D eigenvalue weighted by atomic mass is 32.2. The molecule has 86 valence electrons. The molecule has 0 atom stereocenters. The Morgan fingerprint density at radius 2 is 2.12 bits per heavy atom. The van der Waals surface area contributed by atoms with Crippen LogP contribution in [0.25, 0.3) is 10.2 Å². The maximum atomic E-state index is 4.52. The summed E-state index contributed by atoms with van der Waals surface area (Å²) in [5, 5.41) is 5.80. The molecular weight excluding hydrogens is 238 g/mol. The van der Waals surface area contributed by atoms with Crippen LogP contribution in [0.4, 0.5) is 5.95 Å². The number of aryl methyl sites for hydroxylation is 1. The molecule has 0 fully saturated rings. The first-order chi connectivity index (χ1) is 7.60. The maximum Gasteiger partial charge on any atom is 0.224 e. The van der Waals surface area contributed by atoms with Gasteiger partial charge in [0.1, 0.15) is 9.86 Å². The predicted octanol–water partition coefficient (Wildman–Crippen LogP) is 3.54. The first kappa shape index (κ1) is 11.7. The van der Waals surface area contributed by atoms with Gasteiger partial charge < -0.3 is 5.32 Å². The van der Waals surface area contributed by atoms with E-state index < -0.39 is 0 Å². The van der Waals surface area contributed by atoms with Gasteiger partial charge in [-0.1, -0.05) is 13.8 Å². The van der Waals surface area contributed by atoms with E-state index in [1.807, 2.05) is 7.05 Å². The van der Waals surface area contributed by atoms with Crippen LogP contribution in [0.1, 0.15) is 18.7 Å². The number of hydrogen-bond acceptors (Lipinski definition) is 5. The standard InChI is InChI=1S/C11H15N3S2/c1-6(2)15-9-8-5-7(3)16-10(8)14-11(12-4)13-9/h5-6H,1-4H3,(H,12,13,14). The molecule has 0 radical (unpaired) electrons. The van der Waals surface area contributed by atoms with Crippen LogP contribution in [0.5, 0.6) is 0 Å². The zero-order valence-corrected chi connectivity index (χ0v) is 11.5. The Labute approximate surface area is 104 Å². The molecule has 0 saturated carbocycles. The van der Waals surface area contributed by atoms with Crippen molar-refractivity contribution in [3.8, 4) is 0 Å². The van der Waals surface area contributed by atoms with Gasteiger partial charge in [-0.05, 0) is 13.0 Å². The van der Waals surface area contributed by atoms with Crippen molar-refractivity contribution < 1.29 is 0 Å². The molecule has 2 aromatic rings. The quantitative estimate of drug-likeness (QED) is 0.670. The molecule has 0 unspecified atom stereocenters. The second-order valence-electron chi connectivity index (χ2n) is 3.84. The van der Waals surface area contributed by atoms with Gasteiger partial charge in [-0.2, -0.15) is 0 Å². The van der Waals surface area contributed by atoms with Crippen LogP contribution in [0.2, 0.25) is 0 Å². The van der Waals surface area contributed by atoms with Crippen LogP contribution in [-0.4, -0.2) is 22.3 Å². The molecule has 1 N–H and O–H groups in total. The van der Waals surface area contributed by atoms with Gasteiger partial charge in [-0.25, -0.2) is 9.97 Å². The Hall–Kier alpha value is -0.810. The van der Waals surface area contributed by atoms with Gasteiger partial charge in [-0.15, -0.1) is 23.1 Å². The average molecular weight is 253 g/mol. The van der Waals surface area contributed by atoms with Crippen molar-refractivity contribution in [1.29, 1.82) is 0 Å². The summed E-state index contributed by atoms with van der Waals surface area (Å²) >= 11 is 3.50. The number of hydrogen-bond donors (Lipinski definition) is 1. The third kappa shape index (κ3) is 2.30. The first-order valence-corrected chi connectivity index (χ1v) is 6.92. The lowest BCUT2D eigenvalue weighted by molar-refractivity contribution is 1.06. The summed E-state index contributed by atoms with van der Waals surface area (Å²) in [6.45, 7) is 6.46. The molecule has 0 aromatic carbocycles. The van der Waals surface area contributed by atoms with Crippen LogP contribution in [0.3, 0.4) is 0 Å². The minimum absolute atomic E-state index is 0.531. The van der Waals surface area contributed by atoms with Crippen molar-refractivity contribution in [2.45, 2.75) is 31.0 Å². The lowest BCUT2D eigenvalue weighted by Gasteiger charge is -2.07. The predicted molar refractivity (Wildman–Crippen MR) is 72.7 cm³/mol. The minimum Gasteiger partial charge on any atom is -0.357 e. The second-order valence-corrected chi connectivity index (χ2v) is 6.64. The van der Waals surface area contributed by atoms with E-state index in [2.05, 4.69) is 42.1 Å². The molecule has 0 aliphatic heterocycles. The SMILES string of the molecule is CNc1nc(SC(C)C)c2cc(C)sc2n1. The van der Waals surface area contributed by atoms with E-state index in [0.29, 0.717) is 11.2 Å². The number of rotatable bonds is 3. The van der Waals surface area contributed by atoms with Crippen LogP contribution < -0.4 is 5.32 Å². The molecule has 2 heterocycles. The number of nitrogens with zero attached hydrogens (tertiary/aromatic N) is 2. The van der Waals surface area contributed by atoms with Crippen molar-refractivity contribution in [2.24, 2.45) is 0 Å². The summed E-state index contributed by atoms with van der Waals surface area (Å²) in [6, 6.07) is 2.17. The van der Waals surface area contributed by atoms with E-state index in [-0.39, 0.29) is 0 Å². The molecule has 0 amide bonds. The summed E-state index contributed by atoms with van der Waals surface area (Å²) in [5.74, 6) is 0.706. The molecule has 0 aliphatic carbocycles. The summed E-state index contributed by atoms with van der Waals surface area (Å²) in [7, 11) is 1.85. The summed E-state index contributed by atoms with van der Waals surface area (Å²) in [4.78, 5) is 11.3. The number of aromatic nitrogens is 2.